The Morgan fingerprint density at radius 2 is 2.32 bits per heavy atom. The summed E-state index contributed by atoms with van der Waals surface area (Å²) in [4.78, 5) is 14.1. The quantitative estimate of drug-likeness (QED) is 0.837. The van der Waals surface area contributed by atoms with Crippen LogP contribution < -0.4 is 0 Å². The number of amides is 1. The largest absolute Gasteiger partial charge is 0.376 e. The van der Waals surface area contributed by atoms with Crippen LogP contribution in [-0.2, 0) is 4.74 Å². The second-order valence-corrected chi connectivity index (χ2v) is 4.94. The van der Waals surface area contributed by atoms with Crippen molar-refractivity contribution in [3.8, 4) is 0 Å². The normalized spacial score (nSPS) is 18.6. The van der Waals surface area contributed by atoms with Gasteiger partial charge >= 0.3 is 0 Å². The average Bonchev–Trinajstić information content (AvgIpc) is 2.91. The van der Waals surface area contributed by atoms with Gasteiger partial charge in [-0.1, -0.05) is 0 Å². The van der Waals surface area contributed by atoms with Crippen LogP contribution in [0.15, 0.2) is 18.2 Å². The van der Waals surface area contributed by atoms with Gasteiger partial charge in [-0.25, -0.2) is 4.39 Å². The summed E-state index contributed by atoms with van der Waals surface area (Å²) in [7, 11) is 0. The van der Waals surface area contributed by atoms with Gasteiger partial charge in [0.05, 0.1) is 6.10 Å². The molecule has 0 N–H and O–H groups in total. The zero-order valence-electron chi connectivity index (χ0n) is 11.5. The second-order valence-electron chi connectivity index (χ2n) is 4.94. The first-order chi connectivity index (χ1) is 9.11. The van der Waals surface area contributed by atoms with Crippen LogP contribution in [0, 0.1) is 12.7 Å². The molecule has 0 bridgehead atoms. The minimum absolute atomic E-state index is 0.0545. The Kier molecular flexibility index (Phi) is 4.53. The third-order valence-corrected chi connectivity index (χ3v) is 3.52. The van der Waals surface area contributed by atoms with Gasteiger partial charge in [0.15, 0.2) is 0 Å². The molecule has 2 rings (SSSR count). The predicted octanol–water partition coefficient (Wildman–Crippen LogP) is 2.78. The van der Waals surface area contributed by atoms with Crippen molar-refractivity contribution in [1.82, 2.24) is 4.90 Å². The average molecular weight is 265 g/mol. The molecule has 1 aromatic carbocycles. The summed E-state index contributed by atoms with van der Waals surface area (Å²) in [5.74, 6) is -0.333. The molecule has 0 radical (unpaired) electrons. The van der Waals surface area contributed by atoms with Crippen molar-refractivity contribution in [3.63, 3.8) is 0 Å². The number of carbonyl (C=O) groups is 1. The van der Waals surface area contributed by atoms with E-state index in [1.165, 1.54) is 6.07 Å². The predicted molar refractivity (Wildman–Crippen MR) is 71.7 cm³/mol. The van der Waals surface area contributed by atoms with Crippen LogP contribution in [0.5, 0.6) is 0 Å². The third kappa shape index (κ3) is 3.32. The number of carbonyl (C=O) groups excluding carboxylic acids is 1. The molecule has 0 aromatic heterocycles. The van der Waals surface area contributed by atoms with Crippen molar-refractivity contribution >= 4 is 5.91 Å². The molecule has 3 nitrogen and oxygen atoms in total. The van der Waals surface area contributed by atoms with Crippen LogP contribution in [0.4, 0.5) is 4.39 Å². The fraction of sp³-hybridized carbons (Fsp3) is 0.533. The molecule has 1 aliphatic heterocycles. The molecule has 1 saturated heterocycles. The van der Waals surface area contributed by atoms with Gasteiger partial charge in [-0.05, 0) is 50.5 Å². The summed E-state index contributed by atoms with van der Waals surface area (Å²) in [6.07, 6.45) is 2.21. The van der Waals surface area contributed by atoms with Gasteiger partial charge in [0.25, 0.3) is 5.91 Å². The maximum Gasteiger partial charge on any atom is 0.253 e. The van der Waals surface area contributed by atoms with Gasteiger partial charge in [-0.3, -0.25) is 4.79 Å². The summed E-state index contributed by atoms with van der Waals surface area (Å²) < 4.78 is 18.8. The third-order valence-electron chi connectivity index (χ3n) is 3.52. The van der Waals surface area contributed by atoms with E-state index in [0.717, 1.165) is 19.4 Å². The maximum absolute atomic E-state index is 13.2. The number of benzene rings is 1. The van der Waals surface area contributed by atoms with Crippen LogP contribution in [0.2, 0.25) is 0 Å². The highest BCUT2D eigenvalue weighted by Gasteiger charge is 2.22. The van der Waals surface area contributed by atoms with Gasteiger partial charge in [-0.15, -0.1) is 0 Å². The first kappa shape index (κ1) is 14.0. The SMILES string of the molecule is CCN(CC1CCCO1)C(=O)c1ccc(F)c(C)c1. The molecule has 1 aliphatic rings. The first-order valence-electron chi connectivity index (χ1n) is 6.79. The molecule has 1 unspecified atom stereocenters. The van der Waals surface area contributed by atoms with Crippen LogP contribution in [0.25, 0.3) is 0 Å². The minimum atomic E-state index is -0.279. The van der Waals surface area contributed by atoms with E-state index in [0.29, 0.717) is 24.2 Å². The summed E-state index contributed by atoms with van der Waals surface area (Å²) in [6.45, 7) is 5.65. The molecule has 0 saturated carbocycles. The van der Waals surface area contributed by atoms with Crippen LogP contribution in [0.3, 0.4) is 0 Å². The molecular formula is C15H20FNO2. The van der Waals surface area contributed by atoms with E-state index in [9.17, 15) is 9.18 Å². The van der Waals surface area contributed by atoms with E-state index in [1.54, 1.807) is 24.0 Å². The lowest BCUT2D eigenvalue weighted by molar-refractivity contribution is 0.0539. The Hall–Kier alpha value is -1.42. The number of aryl methyl sites for hydroxylation is 1. The molecule has 1 fully saturated rings. The molecular weight excluding hydrogens is 245 g/mol. The first-order valence-corrected chi connectivity index (χ1v) is 6.79. The van der Waals surface area contributed by atoms with Gasteiger partial charge in [0.2, 0.25) is 0 Å². The second kappa shape index (κ2) is 6.15. The van der Waals surface area contributed by atoms with E-state index in [-0.39, 0.29) is 17.8 Å². The number of rotatable bonds is 4. The van der Waals surface area contributed by atoms with Gasteiger partial charge in [0.1, 0.15) is 5.82 Å². The van der Waals surface area contributed by atoms with Crippen molar-refractivity contribution in [2.45, 2.75) is 32.8 Å². The fourth-order valence-electron chi connectivity index (χ4n) is 2.35. The summed E-state index contributed by atoms with van der Waals surface area (Å²) in [5, 5.41) is 0. The van der Waals surface area contributed by atoms with E-state index in [2.05, 4.69) is 0 Å². The zero-order valence-corrected chi connectivity index (χ0v) is 11.5. The topological polar surface area (TPSA) is 29.5 Å². The van der Waals surface area contributed by atoms with Crippen molar-refractivity contribution in [3.05, 3.63) is 35.1 Å². The number of hydrogen-bond donors (Lipinski definition) is 0. The van der Waals surface area contributed by atoms with E-state index in [1.807, 2.05) is 6.92 Å². The molecule has 0 aliphatic carbocycles. The fourth-order valence-corrected chi connectivity index (χ4v) is 2.35. The maximum atomic E-state index is 13.2. The summed E-state index contributed by atoms with van der Waals surface area (Å²) in [5.41, 5.74) is 1.04. The molecule has 1 atom stereocenters. The monoisotopic (exact) mass is 265 g/mol. The number of halogens is 1. The van der Waals surface area contributed by atoms with Crippen LogP contribution in [-0.4, -0.2) is 36.6 Å². The Morgan fingerprint density at radius 3 is 2.89 bits per heavy atom. The summed E-state index contributed by atoms with van der Waals surface area (Å²) >= 11 is 0. The molecule has 1 heterocycles. The van der Waals surface area contributed by atoms with Crippen LogP contribution >= 0.6 is 0 Å². The lowest BCUT2D eigenvalue weighted by Crippen LogP contribution is -2.37. The molecule has 19 heavy (non-hydrogen) atoms. The van der Waals surface area contributed by atoms with Crippen molar-refractivity contribution in [1.29, 1.82) is 0 Å². The van der Waals surface area contributed by atoms with E-state index in [4.69, 9.17) is 4.74 Å². The zero-order chi connectivity index (χ0) is 13.8. The molecule has 104 valence electrons. The van der Waals surface area contributed by atoms with Gasteiger partial charge < -0.3 is 9.64 Å². The van der Waals surface area contributed by atoms with Crippen LogP contribution in [0.1, 0.15) is 35.7 Å². The Morgan fingerprint density at radius 1 is 1.53 bits per heavy atom. The van der Waals surface area contributed by atoms with Gasteiger partial charge in [0, 0.05) is 25.3 Å². The Labute approximate surface area is 113 Å². The molecule has 1 aromatic rings. The highest BCUT2D eigenvalue weighted by Crippen LogP contribution is 2.16. The lowest BCUT2D eigenvalue weighted by Gasteiger charge is -2.24. The number of nitrogens with zero attached hydrogens (tertiary/aromatic N) is 1. The van der Waals surface area contributed by atoms with E-state index < -0.39 is 0 Å². The highest BCUT2D eigenvalue weighted by atomic mass is 19.1. The van der Waals surface area contributed by atoms with Crippen molar-refractivity contribution in [2.24, 2.45) is 0 Å². The molecule has 0 spiro atoms. The Balaban J connectivity index is 2.08. The number of likely N-dealkylation sites (N-methyl/N-ethyl adjacent to an activating group) is 1. The van der Waals surface area contributed by atoms with E-state index >= 15 is 0 Å². The number of hydrogen-bond acceptors (Lipinski definition) is 2. The Bertz CT molecular complexity index is 455. The molecule has 1 amide bonds. The van der Waals surface area contributed by atoms with Gasteiger partial charge in [-0.2, -0.15) is 0 Å². The number of ether oxygens (including phenoxy) is 1. The minimum Gasteiger partial charge on any atom is -0.376 e. The van der Waals surface area contributed by atoms with Crippen molar-refractivity contribution in [2.75, 3.05) is 19.7 Å². The lowest BCUT2D eigenvalue weighted by atomic mass is 10.1. The molecule has 4 heteroatoms. The smallest absolute Gasteiger partial charge is 0.253 e. The summed E-state index contributed by atoms with van der Waals surface area (Å²) in [6, 6.07) is 4.50. The van der Waals surface area contributed by atoms with Crippen molar-refractivity contribution < 1.29 is 13.9 Å². The highest BCUT2D eigenvalue weighted by molar-refractivity contribution is 5.94. The standard InChI is InChI=1S/C15H20FNO2/c1-3-17(10-13-5-4-8-19-13)15(18)12-6-7-14(16)11(2)9-12/h6-7,9,13H,3-5,8,10H2,1-2H3.